The SMILES string of the molecule is c1ccc2c(c1)CCC1(CN(CC3CCc4ccccc43)C1)O2. The molecule has 5 rings (SSSR count). The lowest BCUT2D eigenvalue weighted by Gasteiger charge is -2.52. The van der Waals surface area contributed by atoms with Gasteiger partial charge in [-0.15, -0.1) is 0 Å². The zero-order valence-electron chi connectivity index (χ0n) is 13.5. The lowest BCUT2D eigenvalue weighted by atomic mass is 9.83. The van der Waals surface area contributed by atoms with E-state index in [0.29, 0.717) is 0 Å². The predicted octanol–water partition coefficient (Wildman–Crippen LogP) is 3.80. The molecule has 1 saturated heterocycles. The van der Waals surface area contributed by atoms with Crippen LogP contribution in [0, 0.1) is 0 Å². The fraction of sp³-hybridized carbons (Fsp3) is 0.429. The second-order valence-electron chi connectivity index (χ2n) is 7.50. The number of nitrogens with zero attached hydrogens (tertiary/aromatic N) is 1. The van der Waals surface area contributed by atoms with Crippen molar-refractivity contribution >= 4 is 0 Å². The van der Waals surface area contributed by atoms with Gasteiger partial charge < -0.3 is 4.74 Å². The van der Waals surface area contributed by atoms with E-state index in [4.69, 9.17) is 4.74 Å². The Balaban J connectivity index is 1.25. The quantitative estimate of drug-likeness (QED) is 0.837. The molecule has 1 aliphatic carbocycles. The summed E-state index contributed by atoms with van der Waals surface area (Å²) in [5.41, 5.74) is 4.62. The van der Waals surface area contributed by atoms with E-state index >= 15 is 0 Å². The van der Waals surface area contributed by atoms with Gasteiger partial charge in [-0.05, 0) is 54.4 Å². The Kier molecular flexibility index (Phi) is 3.02. The first-order chi connectivity index (χ1) is 11.3. The number of rotatable bonds is 2. The van der Waals surface area contributed by atoms with Gasteiger partial charge in [-0.25, -0.2) is 0 Å². The van der Waals surface area contributed by atoms with Crippen LogP contribution in [0.15, 0.2) is 48.5 Å². The van der Waals surface area contributed by atoms with Crippen LogP contribution in [0.3, 0.4) is 0 Å². The van der Waals surface area contributed by atoms with Gasteiger partial charge in [0.1, 0.15) is 11.4 Å². The summed E-state index contributed by atoms with van der Waals surface area (Å²) in [7, 11) is 0. The van der Waals surface area contributed by atoms with Crippen molar-refractivity contribution in [1.82, 2.24) is 4.90 Å². The fourth-order valence-electron chi connectivity index (χ4n) is 4.72. The largest absolute Gasteiger partial charge is 0.484 e. The molecule has 2 nitrogen and oxygen atoms in total. The van der Waals surface area contributed by atoms with E-state index < -0.39 is 0 Å². The second-order valence-corrected chi connectivity index (χ2v) is 7.50. The van der Waals surface area contributed by atoms with E-state index in [0.717, 1.165) is 31.2 Å². The first kappa shape index (κ1) is 13.6. The minimum absolute atomic E-state index is 0.0898. The number of para-hydroxylation sites is 1. The van der Waals surface area contributed by atoms with Gasteiger partial charge in [-0.2, -0.15) is 0 Å². The van der Waals surface area contributed by atoms with Crippen LogP contribution in [0.25, 0.3) is 0 Å². The molecule has 1 fully saturated rings. The Morgan fingerprint density at radius 3 is 2.65 bits per heavy atom. The third-order valence-electron chi connectivity index (χ3n) is 5.91. The summed E-state index contributed by atoms with van der Waals surface area (Å²) in [6.45, 7) is 3.39. The standard InChI is InChI=1S/C21H23NO/c1-3-7-19-16(5-1)9-10-18(19)13-22-14-21(15-22)12-11-17-6-2-4-8-20(17)23-21/h1-8,18H,9-15H2. The Bertz CT molecular complexity index is 732. The van der Waals surface area contributed by atoms with Crippen molar-refractivity contribution in [2.45, 2.75) is 37.2 Å². The first-order valence-electron chi connectivity index (χ1n) is 8.88. The normalized spacial score (nSPS) is 24.6. The molecule has 2 heterocycles. The molecule has 2 aliphatic heterocycles. The molecule has 1 spiro atoms. The van der Waals surface area contributed by atoms with Crippen LogP contribution in [-0.4, -0.2) is 30.1 Å². The van der Waals surface area contributed by atoms with Crippen molar-refractivity contribution in [3.63, 3.8) is 0 Å². The molecule has 0 bridgehead atoms. The molecule has 0 saturated carbocycles. The van der Waals surface area contributed by atoms with Gasteiger partial charge in [0.25, 0.3) is 0 Å². The number of hydrogen-bond acceptors (Lipinski definition) is 2. The van der Waals surface area contributed by atoms with Crippen molar-refractivity contribution in [1.29, 1.82) is 0 Å². The van der Waals surface area contributed by atoms with Gasteiger partial charge in [0, 0.05) is 19.6 Å². The number of likely N-dealkylation sites (tertiary alicyclic amines) is 1. The molecule has 23 heavy (non-hydrogen) atoms. The summed E-state index contributed by atoms with van der Waals surface area (Å²) in [5, 5.41) is 0. The molecule has 2 aromatic carbocycles. The molecule has 0 radical (unpaired) electrons. The zero-order valence-corrected chi connectivity index (χ0v) is 13.5. The fourth-order valence-corrected chi connectivity index (χ4v) is 4.72. The number of aryl methyl sites for hydroxylation is 2. The zero-order chi connectivity index (χ0) is 15.3. The van der Waals surface area contributed by atoms with Gasteiger partial charge in [-0.3, -0.25) is 4.90 Å². The van der Waals surface area contributed by atoms with E-state index in [-0.39, 0.29) is 5.60 Å². The number of fused-ring (bicyclic) bond motifs is 2. The summed E-state index contributed by atoms with van der Waals surface area (Å²) in [6.07, 6.45) is 4.90. The van der Waals surface area contributed by atoms with E-state index in [9.17, 15) is 0 Å². The van der Waals surface area contributed by atoms with Crippen molar-refractivity contribution in [3.05, 3.63) is 65.2 Å². The van der Waals surface area contributed by atoms with Crippen molar-refractivity contribution < 1.29 is 4.74 Å². The van der Waals surface area contributed by atoms with Crippen LogP contribution >= 0.6 is 0 Å². The van der Waals surface area contributed by atoms with Crippen LogP contribution in [0.2, 0.25) is 0 Å². The first-order valence-corrected chi connectivity index (χ1v) is 8.88. The van der Waals surface area contributed by atoms with Gasteiger partial charge in [-0.1, -0.05) is 42.5 Å². The van der Waals surface area contributed by atoms with Crippen LogP contribution in [0.1, 0.15) is 35.4 Å². The van der Waals surface area contributed by atoms with Crippen LogP contribution in [-0.2, 0) is 12.8 Å². The van der Waals surface area contributed by atoms with Crippen molar-refractivity contribution in [3.8, 4) is 5.75 Å². The second kappa shape index (κ2) is 5.10. The Morgan fingerprint density at radius 2 is 1.74 bits per heavy atom. The summed E-state index contributed by atoms with van der Waals surface area (Å²) in [6, 6.07) is 17.5. The summed E-state index contributed by atoms with van der Waals surface area (Å²) < 4.78 is 6.38. The van der Waals surface area contributed by atoms with Gasteiger partial charge in [0.05, 0.1) is 0 Å². The average molecular weight is 305 g/mol. The van der Waals surface area contributed by atoms with Crippen molar-refractivity contribution in [2.24, 2.45) is 0 Å². The van der Waals surface area contributed by atoms with E-state index in [2.05, 4.69) is 53.4 Å². The van der Waals surface area contributed by atoms with E-state index in [1.807, 2.05) is 0 Å². The topological polar surface area (TPSA) is 12.5 Å². The molecule has 1 atom stereocenters. The van der Waals surface area contributed by atoms with E-state index in [1.54, 1.807) is 11.1 Å². The summed E-state index contributed by atoms with van der Waals surface area (Å²) >= 11 is 0. The monoisotopic (exact) mass is 305 g/mol. The van der Waals surface area contributed by atoms with Gasteiger partial charge in [0.2, 0.25) is 0 Å². The maximum atomic E-state index is 6.38. The minimum Gasteiger partial charge on any atom is -0.484 e. The molecular formula is C21H23NO. The minimum atomic E-state index is 0.0898. The molecule has 0 aromatic heterocycles. The van der Waals surface area contributed by atoms with E-state index in [1.165, 1.54) is 31.4 Å². The maximum absolute atomic E-state index is 6.38. The molecular weight excluding hydrogens is 282 g/mol. The third kappa shape index (κ3) is 2.28. The van der Waals surface area contributed by atoms with Gasteiger partial charge >= 0.3 is 0 Å². The number of hydrogen-bond donors (Lipinski definition) is 0. The number of benzene rings is 2. The molecule has 2 aromatic rings. The van der Waals surface area contributed by atoms with Crippen LogP contribution in [0.4, 0.5) is 0 Å². The smallest absolute Gasteiger partial charge is 0.134 e. The molecule has 0 amide bonds. The third-order valence-corrected chi connectivity index (χ3v) is 5.91. The lowest BCUT2D eigenvalue weighted by molar-refractivity contribution is -0.0912. The predicted molar refractivity (Wildman–Crippen MR) is 92.1 cm³/mol. The average Bonchev–Trinajstić information content (AvgIpc) is 2.97. The maximum Gasteiger partial charge on any atom is 0.134 e. The summed E-state index contributed by atoms with van der Waals surface area (Å²) in [4.78, 5) is 2.60. The molecule has 1 unspecified atom stereocenters. The highest BCUT2D eigenvalue weighted by Gasteiger charge is 2.47. The Labute approximate surface area is 138 Å². The Morgan fingerprint density at radius 1 is 0.957 bits per heavy atom. The lowest BCUT2D eigenvalue weighted by Crippen LogP contribution is -2.66. The molecule has 2 heteroatoms. The molecule has 3 aliphatic rings. The molecule has 0 N–H and O–H groups in total. The highest BCUT2D eigenvalue weighted by Crippen LogP contribution is 2.41. The molecule has 118 valence electrons. The highest BCUT2D eigenvalue weighted by molar-refractivity contribution is 5.37. The van der Waals surface area contributed by atoms with Crippen LogP contribution < -0.4 is 4.74 Å². The Hall–Kier alpha value is -1.80. The van der Waals surface area contributed by atoms with Crippen LogP contribution in [0.5, 0.6) is 5.75 Å². The van der Waals surface area contributed by atoms with Crippen molar-refractivity contribution in [2.75, 3.05) is 19.6 Å². The van der Waals surface area contributed by atoms with Gasteiger partial charge in [0.15, 0.2) is 0 Å². The summed E-state index contributed by atoms with van der Waals surface area (Å²) in [5.74, 6) is 1.84. The number of ether oxygens (including phenoxy) is 1. The highest BCUT2D eigenvalue weighted by atomic mass is 16.5.